The van der Waals surface area contributed by atoms with E-state index in [1.165, 1.54) is 109 Å². The number of hydrogen-bond donors (Lipinski definition) is 1. The zero-order valence-corrected chi connectivity index (χ0v) is 16.5. The first kappa shape index (κ1) is 23.0. The summed E-state index contributed by atoms with van der Waals surface area (Å²) in [6, 6.07) is 0. The molecule has 0 spiro atoms. The van der Waals surface area contributed by atoms with Crippen molar-refractivity contribution >= 4 is 0 Å². The maximum absolute atomic E-state index is 10.0. The minimum absolute atomic E-state index is 0.0281. The maximum atomic E-state index is 10.0. The zero-order chi connectivity index (χ0) is 17.0. The molecule has 140 valence electrons. The Morgan fingerprint density at radius 1 is 0.435 bits per heavy atom. The minimum Gasteiger partial charge on any atom is -0.393 e. The van der Waals surface area contributed by atoms with Gasteiger partial charge in [0.2, 0.25) is 0 Å². The van der Waals surface area contributed by atoms with E-state index in [2.05, 4.69) is 13.8 Å². The molecule has 1 nitrogen and oxygen atoms in total. The van der Waals surface area contributed by atoms with Gasteiger partial charge in [-0.2, -0.15) is 0 Å². The second kappa shape index (κ2) is 20.0. The van der Waals surface area contributed by atoms with Gasteiger partial charge in [0.15, 0.2) is 0 Å². The van der Waals surface area contributed by atoms with Crippen molar-refractivity contribution in [2.24, 2.45) is 0 Å². The third kappa shape index (κ3) is 19.9. The van der Waals surface area contributed by atoms with E-state index >= 15 is 0 Å². The summed E-state index contributed by atoms with van der Waals surface area (Å²) in [5.74, 6) is 0. The fourth-order valence-corrected chi connectivity index (χ4v) is 3.35. The summed E-state index contributed by atoms with van der Waals surface area (Å²) in [5, 5.41) is 10.0. The van der Waals surface area contributed by atoms with Crippen molar-refractivity contribution in [1.29, 1.82) is 0 Å². The first-order chi connectivity index (χ1) is 11.3. The Morgan fingerprint density at radius 3 is 1.00 bits per heavy atom. The highest BCUT2D eigenvalue weighted by Gasteiger charge is 2.03. The van der Waals surface area contributed by atoms with Crippen LogP contribution in [0.4, 0.5) is 0 Å². The van der Waals surface area contributed by atoms with E-state index in [0.717, 1.165) is 12.8 Å². The van der Waals surface area contributed by atoms with E-state index in [1.54, 1.807) is 0 Å². The summed E-state index contributed by atoms with van der Waals surface area (Å²) in [7, 11) is 0. The van der Waals surface area contributed by atoms with Crippen molar-refractivity contribution in [3.63, 3.8) is 0 Å². The lowest BCUT2D eigenvalue weighted by molar-refractivity contribution is 0.147. The maximum Gasteiger partial charge on any atom is 0.0540 e. The lowest BCUT2D eigenvalue weighted by atomic mass is 10.0. The Hall–Kier alpha value is -0.0400. The predicted octanol–water partition coefficient (Wildman–Crippen LogP) is 7.80. The van der Waals surface area contributed by atoms with Gasteiger partial charge in [0.1, 0.15) is 0 Å². The van der Waals surface area contributed by atoms with Gasteiger partial charge < -0.3 is 5.11 Å². The fourth-order valence-electron chi connectivity index (χ4n) is 3.35. The van der Waals surface area contributed by atoms with Crippen molar-refractivity contribution in [1.82, 2.24) is 0 Å². The Balaban J connectivity index is 3.11. The number of unbranched alkanes of at least 4 members (excludes halogenated alkanes) is 15. The van der Waals surface area contributed by atoms with E-state index in [0.29, 0.717) is 0 Å². The zero-order valence-electron chi connectivity index (χ0n) is 16.5. The molecule has 0 aliphatic carbocycles. The van der Waals surface area contributed by atoms with Gasteiger partial charge in [0.25, 0.3) is 0 Å². The minimum atomic E-state index is -0.0281. The highest BCUT2D eigenvalue weighted by Crippen LogP contribution is 2.15. The third-order valence-electron chi connectivity index (χ3n) is 5.03. The Bertz CT molecular complexity index is 202. The van der Waals surface area contributed by atoms with Crippen molar-refractivity contribution in [2.45, 2.75) is 142 Å². The summed E-state index contributed by atoms with van der Waals surface area (Å²) in [4.78, 5) is 0. The van der Waals surface area contributed by atoms with Crippen molar-refractivity contribution < 1.29 is 5.11 Å². The molecule has 0 fully saturated rings. The summed E-state index contributed by atoms with van der Waals surface area (Å²) >= 11 is 0. The molecule has 0 aromatic rings. The molecule has 0 radical (unpaired) electrons. The van der Waals surface area contributed by atoms with Gasteiger partial charge in [-0.25, -0.2) is 0 Å². The average Bonchev–Trinajstić information content (AvgIpc) is 2.55. The molecule has 0 saturated carbocycles. The molecule has 0 saturated heterocycles. The smallest absolute Gasteiger partial charge is 0.0540 e. The van der Waals surface area contributed by atoms with Crippen LogP contribution in [0.25, 0.3) is 0 Å². The van der Waals surface area contributed by atoms with Gasteiger partial charge in [-0.15, -0.1) is 0 Å². The number of hydrogen-bond acceptors (Lipinski definition) is 1. The van der Waals surface area contributed by atoms with E-state index < -0.39 is 0 Å². The van der Waals surface area contributed by atoms with Crippen LogP contribution in [0, 0.1) is 0 Å². The largest absolute Gasteiger partial charge is 0.393 e. The molecule has 1 atom stereocenters. The fraction of sp³-hybridized carbons (Fsp3) is 1.00. The van der Waals surface area contributed by atoms with Gasteiger partial charge in [-0.3, -0.25) is 0 Å². The molecule has 1 N–H and O–H groups in total. The van der Waals surface area contributed by atoms with Gasteiger partial charge in [0.05, 0.1) is 6.10 Å². The van der Waals surface area contributed by atoms with Crippen molar-refractivity contribution in [2.75, 3.05) is 0 Å². The molecular weight excluding hydrogens is 280 g/mol. The van der Waals surface area contributed by atoms with Crippen molar-refractivity contribution in [3.05, 3.63) is 0 Å². The van der Waals surface area contributed by atoms with Gasteiger partial charge in [-0.1, -0.05) is 123 Å². The Morgan fingerprint density at radius 2 is 0.696 bits per heavy atom. The van der Waals surface area contributed by atoms with Crippen LogP contribution in [-0.4, -0.2) is 11.2 Å². The SMILES string of the molecule is CCCCCCCCCCCC[C@@H](O)CCCCCCCCC. The number of aliphatic hydroxyl groups excluding tert-OH is 1. The normalized spacial score (nSPS) is 12.7. The van der Waals surface area contributed by atoms with Gasteiger partial charge in [-0.05, 0) is 12.8 Å². The van der Waals surface area contributed by atoms with Crippen LogP contribution >= 0.6 is 0 Å². The van der Waals surface area contributed by atoms with Crippen LogP contribution in [0.15, 0.2) is 0 Å². The van der Waals surface area contributed by atoms with Crippen molar-refractivity contribution in [3.8, 4) is 0 Å². The van der Waals surface area contributed by atoms with Crippen LogP contribution in [-0.2, 0) is 0 Å². The van der Waals surface area contributed by atoms with E-state index in [1.807, 2.05) is 0 Å². The van der Waals surface area contributed by atoms with E-state index in [4.69, 9.17) is 0 Å². The summed E-state index contributed by atoms with van der Waals surface area (Å²) in [5.41, 5.74) is 0. The third-order valence-corrected chi connectivity index (χ3v) is 5.03. The second-order valence-electron chi connectivity index (χ2n) is 7.53. The van der Waals surface area contributed by atoms with Gasteiger partial charge >= 0.3 is 0 Å². The molecule has 0 aliphatic heterocycles. The quantitative estimate of drug-likeness (QED) is 0.240. The topological polar surface area (TPSA) is 20.2 Å². The molecule has 1 heteroatoms. The number of aliphatic hydroxyl groups is 1. The molecule has 0 aromatic carbocycles. The molecule has 0 heterocycles. The lowest BCUT2D eigenvalue weighted by Gasteiger charge is -2.10. The molecule has 0 rings (SSSR count). The van der Waals surface area contributed by atoms with Crippen LogP contribution in [0.1, 0.15) is 136 Å². The molecule has 0 unspecified atom stereocenters. The highest BCUT2D eigenvalue weighted by molar-refractivity contribution is 4.57. The number of rotatable bonds is 19. The van der Waals surface area contributed by atoms with Crippen LogP contribution in [0.2, 0.25) is 0 Å². The average molecular weight is 327 g/mol. The van der Waals surface area contributed by atoms with Crippen LogP contribution < -0.4 is 0 Å². The Labute approximate surface area is 147 Å². The molecular formula is C22H46O. The second-order valence-corrected chi connectivity index (χ2v) is 7.53. The Kier molecular flexibility index (Phi) is 20.0. The molecule has 0 amide bonds. The molecule has 0 bridgehead atoms. The predicted molar refractivity (Wildman–Crippen MR) is 105 cm³/mol. The first-order valence-corrected chi connectivity index (χ1v) is 11.0. The molecule has 0 aromatic heterocycles. The summed E-state index contributed by atoms with van der Waals surface area (Å²) in [6.07, 6.45) is 25.3. The molecule has 0 aliphatic rings. The first-order valence-electron chi connectivity index (χ1n) is 11.0. The summed E-state index contributed by atoms with van der Waals surface area (Å²) < 4.78 is 0. The summed E-state index contributed by atoms with van der Waals surface area (Å²) in [6.45, 7) is 4.55. The molecule has 23 heavy (non-hydrogen) atoms. The van der Waals surface area contributed by atoms with E-state index in [-0.39, 0.29) is 6.10 Å². The van der Waals surface area contributed by atoms with Gasteiger partial charge in [0, 0.05) is 0 Å². The van der Waals surface area contributed by atoms with Crippen LogP contribution in [0.3, 0.4) is 0 Å². The van der Waals surface area contributed by atoms with Crippen LogP contribution in [0.5, 0.6) is 0 Å². The standard InChI is InChI=1S/C22H46O/c1-3-5-7-9-11-12-13-15-17-19-21-22(23)20-18-16-14-10-8-6-4-2/h22-23H,3-21H2,1-2H3/t22-/m0/s1. The highest BCUT2D eigenvalue weighted by atomic mass is 16.3. The lowest BCUT2D eigenvalue weighted by Crippen LogP contribution is -2.05. The van der Waals surface area contributed by atoms with E-state index in [9.17, 15) is 5.11 Å². The monoisotopic (exact) mass is 326 g/mol.